The molecule has 6 nitrogen and oxygen atoms in total. The number of urea groups is 1. The predicted octanol–water partition coefficient (Wildman–Crippen LogP) is 1.75. The lowest BCUT2D eigenvalue weighted by Gasteiger charge is -2.38. The van der Waals surface area contributed by atoms with Crippen LogP contribution in [0.5, 0.6) is 0 Å². The normalized spacial score (nSPS) is 23.6. The third-order valence-electron chi connectivity index (χ3n) is 4.94. The second-order valence-electron chi connectivity index (χ2n) is 7.74. The SMILES string of the molecule is CC1(C)CN(CCNC(=O)N2CCOC(Cc3ccccc3)C2)CCO1. The molecule has 1 aromatic carbocycles. The van der Waals surface area contributed by atoms with Crippen LogP contribution in [-0.2, 0) is 15.9 Å². The van der Waals surface area contributed by atoms with Gasteiger partial charge in [-0.15, -0.1) is 0 Å². The molecule has 0 aromatic heterocycles. The van der Waals surface area contributed by atoms with Crippen molar-refractivity contribution in [2.24, 2.45) is 0 Å². The molecule has 6 heteroatoms. The van der Waals surface area contributed by atoms with Gasteiger partial charge in [-0.2, -0.15) is 0 Å². The lowest BCUT2D eigenvalue weighted by molar-refractivity contribution is -0.0853. The van der Waals surface area contributed by atoms with Gasteiger partial charge in [-0.1, -0.05) is 30.3 Å². The maximum Gasteiger partial charge on any atom is 0.317 e. The Balaban J connectivity index is 1.40. The van der Waals surface area contributed by atoms with Gasteiger partial charge in [0, 0.05) is 45.7 Å². The number of ether oxygens (including phenoxy) is 2. The van der Waals surface area contributed by atoms with E-state index in [9.17, 15) is 4.79 Å². The Morgan fingerprint density at radius 2 is 2.04 bits per heavy atom. The maximum atomic E-state index is 12.5. The van der Waals surface area contributed by atoms with Gasteiger partial charge in [0.15, 0.2) is 0 Å². The molecule has 0 bridgehead atoms. The number of carbonyl (C=O) groups is 1. The van der Waals surface area contributed by atoms with E-state index in [1.54, 1.807) is 0 Å². The maximum absolute atomic E-state index is 12.5. The van der Waals surface area contributed by atoms with Crippen LogP contribution < -0.4 is 5.32 Å². The third-order valence-corrected chi connectivity index (χ3v) is 4.94. The Hall–Kier alpha value is -1.63. The topological polar surface area (TPSA) is 54.0 Å². The molecule has 2 amide bonds. The van der Waals surface area contributed by atoms with Crippen molar-refractivity contribution in [3.05, 3.63) is 35.9 Å². The molecule has 1 atom stereocenters. The van der Waals surface area contributed by atoms with E-state index in [2.05, 4.69) is 36.2 Å². The second kappa shape index (κ2) is 8.84. The van der Waals surface area contributed by atoms with Crippen molar-refractivity contribution >= 4 is 6.03 Å². The van der Waals surface area contributed by atoms with Crippen LogP contribution in [0.4, 0.5) is 4.79 Å². The van der Waals surface area contributed by atoms with Crippen LogP contribution in [0.1, 0.15) is 19.4 Å². The number of nitrogens with zero attached hydrogens (tertiary/aromatic N) is 2. The highest BCUT2D eigenvalue weighted by Crippen LogP contribution is 2.16. The minimum absolute atomic E-state index is 0.0129. The van der Waals surface area contributed by atoms with Crippen LogP contribution in [0.3, 0.4) is 0 Å². The molecule has 1 N–H and O–H groups in total. The van der Waals surface area contributed by atoms with Crippen LogP contribution in [0.15, 0.2) is 30.3 Å². The molecule has 3 rings (SSSR count). The minimum atomic E-state index is -0.100. The number of nitrogens with one attached hydrogen (secondary N) is 1. The molecule has 2 aliphatic heterocycles. The quantitative estimate of drug-likeness (QED) is 0.868. The summed E-state index contributed by atoms with van der Waals surface area (Å²) in [5.41, 5.74) is 1.15. The van der Waals surface area contributed by atoms with Crippen LogP contribution in [0.2, 0.25) is 0 Å². The summed E-state index contributed by atoms with van der Waals surface area (Å²) < 4.78 is 11.6. The first-order valence-electron chi connectivity index (χ1n) is 9.56. The van der Waals surface area contributed by atoms with E-state index in [0.717, 1.165) is 32.7 Å². The molecule has 2 fully saturated rings. The zero-order valence-corrected chi connectivity index (χ0v) is 15.9. The van der Waals surface area contributed by atoms with E-state index in [-0.39, 0.29) is 17.7 Å². The van der Waals surface area contributed by atoms with Crippen molar-refractivity contribution in [3.63, 3.8) is 0 Å². The zero-order chi connectivity index (χ0) is 18.4. The fourth-order valence-corrected chi connectivity index (χ4v) is 3.64. The molecule has 0 spiro atoms. The summed E-state index contributed by atoms with van der Waals surface area (Å²) in [6.45, 7) is 10.2. The molecule has 0 saturated carbocycles. The van der Waals surface area contributed by atoms with E-state index in [1.165, 1.54) is 5.56 Å². The van der Waals surface area contributed by atoms with Crippen molar-refractivity contribution in [2.75, 3.05) is 52.5 Å². The Morgan fingerprint density at radius 3 is 2.81 bits per heavy atom. The van der Waals surface area contributed by atoms with Crippen molar-refractivity contribution < 1.29 is 14.3 Å². The summed E-state index contributed by atoms with van der Waals surface area (Å²) in [4.78, 5) is 16.7. The fourth-order valence-electron chi connectivity index (χ4n) is 3.64. The number of amides is 2. The van der Waals surface area contributed by atoms with Crippen molar-refractivity contribution in [1.82, 2.24) is 15.1 Å². The molecular weight excluding hydrogens is 330 g/mol. The van der Waals surface area contributed by atoms with E-state index >= 15 is 0 Å². The molecule has 0 aliphatic carbocycles. The van der Waals surface area contributed by atoms with E-state index in [1.807, 2.05) is 23.1 Å². The van der Waals surface area contributed by atoms with Crippen LogP contribution >= 0.6 is 0 Å². The Morgan fingerprint density at radius 1 is 1.23 bits per heavy atom. The van der Waals surface area contributed by atoms with Crippen molar-refractivity contribution in [2.45, 2.75) is 32.0 Å². The van der Waals surface area contributed by atoms with E-state index in [4.69, 9.17) is 9.47 Å². The Bertz CT molecular complexity index is 579. The second-order valence-corrected chi connectivity index (χ2v) is 7.74. The van der Waals surface area contributed by atoms with E-state index < -0.39 is 0 Å². The first-order chi connectivity index (χ1) is 12.5. The molecule has 26 heavy (non-hydrogen) atoms. The van der Waals surface area contributed by atoms with Gasteiger partial charge in [0.25, 0.3) is 0 Å². The molecule has 1 aromatic rings. The van der Waals surface area contributed by atoms with E-state index in [0.29, 0.717) is 26.2 Å². The summed E-state index contributed by atoms with van der Waals surface area (Å²) in [5, 5.41) is 3.06. The number of carbonyl (C=O) groups excluding carboxylic acids is 1. The van der Waals surface area contributed by atoms with Crippen LogP contribution in [0, 0.1) is 0 Å². The van der Waals surface area contributed by atoms with Gasteiger partial charge in [-0.25, -0.2) is 4.79 Å². The molecule has 2 saturated heterocycles. The molecule has 0 radical (unpaired) electrons. The smallest absolute Gasteiger partial charge is 0.317 e. The molecule has 1 unspecified atom stereocenters. The van der Waals surface area contributed by atoms with Gasteiger partial charge >= 0.3 is 6.03 Å². The van der Waals surface area contributed by atoms with Gasteiger partial charge in [0.05, 0.1) is 24.9 Å². The zero-order valence-electron chi connectivity index (χ0n) is 15.9. The number of morpholine rings is 2. The predicted molar refractivity (Wildman–Crippen MR) is 101 cm³/mol. The first-order valence-corrected chi connectivity index (χ1v) is 9.56. The molecule has 144 valence electrons. The number of benzene rings is 1. The van der Waals surface area contributed by atoms with Crippen molar-refractivity contribution in [1.29, 1.82) is 0 Å². The van der Waals surface area contributed by atoms with Gasteiger partial charge in [-0.3, -0.25) is 4.90 Å². The van der Waals surface area contributed by atoms with Gasteiger partial charge in [0.1, 0.15) is 0 Å². The largest absolute Gasteiger partial charge is 0.374 e. The van der Waals surface area contributed by atoms with Crippen molar-refractivity contribution in [3.8, 4) is 0 Å². The lowest BCUT2D eigenvalue weighted by atomic mass is 10.1. The highest BCUT2D eigenvalue weighted by atomic mass is 16.5. The number of hydrogen-bond donors (Lipinski definition) is 1. The number of rotatable bonds is 5. The van der Waals surface area contributed by atoms with Crippen LogP contribution in [0.25, 0.3) is 0 Å². The van der Waals surface area contributed by atoms with Gasteiger partial charge in [-0.05, 0) is 19.4 Å². The molecule has 2 heterocycles. The van der Waals surface area contributed by atoms with Gasteiger partial charge in [0.2, 0.25) is 0 Å². The Kier molecular flexibility index (Phi) is 6.51. The Labute approximate surface area is 156 Å². The summed E-state index contributed by atoms with van der Waals surface area (Å²) >= 11 is 0. The van der Waals surface area contributed by atoms with Crippen LogP contribution in [-0.4, -0.2) is 80.0 Å². The average Bonchev–Trinajstić information content (AvgIpc) is 2.62. The minimum Gasteiger partial charge on any atom is -0.374 e. The highest BCUT2D eigenvalue weighted by molar-refractivity contribution is 5.74. The molecular formula is C20H31N3O3. The summed E-state index contributed by atoms with van der Waals surface area (Å²) in [6, 6.07) is 10.3. The summed E-state index contributed by atoms with van der Waals surface area (Å²) in [6.07, 6.45) is 0.907. The first kappa shape index (κ1) is 19.1. The standard InChI is InChI=1S/C20H31N3O3/c1-20(2)16-22(10-13-26-20)9-8-21-19(24)23-11-12-25-18(15-23)14-17-6-4-3-5-7-17/h3-7,18H,8-16H2,1-2H3,(H,21,24). The highest BCUT2D eigenvalue weighted by Gasteiger charge is 2.27. The number of hydrogen-bond acceptors (Lipinski definition) is 4. The third kappa shape index (κ3) is 5.69. The van der Waals surface area contributed by atoms with Gasteiger partial charge < -0.3 is 19.7 Å². The summed E-state index contributed by atoms with van der Waals surface area (Å²) in [7, 11) is 0. The lowest BCUT2D eigenvalue weighted by Crippen LogP contribution is -2.53. The monoisotopic (exact) mass is 361 g/mol. The fraction of sp³-hybridized carbons (Fsp3) is 0.650. The summed E-state index contributed by atoms with van der Waals surface area (Å²) in [5.74, 6) is 0. The average molecular weight is 361 g/mol. The molecule has 2 aliphatic rings.